The molecule has 0 aromatic carbocycles. The minimum Gasteiger partial charge on any atom is -0.354 e. The lowest BCUT2D eigenvalue weighted by atomic mass is 10.2. The van der Waals surface area contributed by atoms with Gasteiger partial charge in [-0.1, -0.05) is 0 Å². The lowest BCUT2D eigenvalue weighted by Gasteiger charge is -2.11. The van der Waals surface area contributed by atoms with Crippen molar-refractivity contribution in [2.75, 3.05) is 13.1 Å². The Morgan fingerprint density at radius 2 is 2.60 bits per heavy atom. The predicted octanol–water partition coefficient (Wildman–Crippen LogP) is -0.330. The second kappa shape index (κ2) is 4.44. The fraction of sp³-hybridized carbons (Fsp3) is 0.600. The summed E-state index contributed by atoms with van der Waals surface area (Å²) in [5.41, 5.74) is 0. The third-order valence-corrected chi connectivity index (χ3v) is 2.69. The van der Waals surface area contributed by atoms with E-state index in [1.54, 1.807) is 6.20 Å². The van der Waals surface area contributed by atoms with Crippen molar-refractivity contribution in [2.45, 2.75) is 25.9 Å². The second-order valence-corrected chi connectivity index (χ2v) is 3.83. The van der Waals surface area contributed by atoms with Gasteiger partial charge in [0, 0.05) is 44.5 Å². The molecule has 0 aliphatic carbocycles. The molecule has 0 radical (unpaired) electrons. The van der Waals surface area contributed by atoms with Crippen LogP contribution in [0.2, 0.25) is 0 Å². The molecule has 82 valence electrons. The monoisotopic (exact) mass is 208 g/mol. The van der Waals surface area contributed by atoms with E-state index in [4.69, 9.17) is 0 Å². The average Bonchev–Trinajstić information content (AvgIpc) is 2.77. The summed E-state index contributed by atoms with van der Waals surface area (Å²) in [6.45, 7) is 4.51. The van der Waals surface area contributed by atoms with Gasteiger partial charge in [0.25, 0.3) is 0 Å². The van der Waals surface area contributed by atoms with E-state index < -0.39 is 0 Å². The van der Waals surface area contributed by atoms with Crippen molar-refractivity contribution in [2.24, 2.45) is 0 Å². The molecule has 2 rings (SSSR count). The number of hydrogen-bond donors (Lipinski definition) is 2. The molecule has 1 amide bonds. The van der Waals surface area contributed by atoms with Crippen LogP contribution in [0, 0.1) is 6.92 Å². The van der Waals surface area contributed by atoms with E-state index in [0.717, 1.165) is 25.5 Å². The highest BCUT2D eigenvalue weighted by atomic mass is 16.1. The molecule has 0 bridgehead atoms. The third kappa shape index (κ3) is 2.56. The Morgan fingerprint density at radius 3 is 3.20 bits per heavy atom. The molecule has 1 aliphatic rings. The minimum atomic E-state index is 0.145. The van der Waals surface area contributed by atoms with Crippen LogP contribution in [0.3, 0.4) is 0 Å². The van der Waals surface area contributed by atoms with Crippen molar-refractivity contribution in [1.29, 1.82) is 0 Å². The number of rotatable bonds is 4. The predicted molar refractivity (Wildman–Crippen MR) is 56.4 cm³/mol. The third-order valence-electron chi connectivity index (χ3n) is 2.69. The Bertz CT molecular complexity index is 347. The van der Waals surface area contributed by atoms with Crippen LogP contribution in [0.15, 0.2) is 12.4 Å². The van der Waals surface area contributed by atoms with Gasteiger partial charge in [0.15, 0.2) is 0 Å². The maximum absolute atomic E-state index is 10.9. The number of carbonyl (C=O) groups is 1. The molecule has 1 aliphatic heterocycles. The molecule has 0 spiro atoms. The van der Waals surface area contributed by atoms with Crippen molar-refractivity contribution in [1.82, 2.24) is 20.2 Å². The number of amides is 1. The van der Waals surface area contributed by atoms with Crippen molar-refractivity contribution >= 4 is 5.91 Å². The Morgan fingerprint density at radius 1 is 1.73 bits per heavy atom. The molecule has 1 aromatic rings. The van der Waals surface area contributed by atoms with Crippen LogP contribution in [0.4, 0.5) is 0 Å². The summed E-state index contributed by atoms with van der Waals surface area (Å²) in [5, 5.41) is 6.15. The van der Waals surface area contributed by atoms with Gasteiger partial charge in [-0.2, -0.15) is 0 Å². The molecule has 1 saturated heterocycles. The first-order valence-electron chi connectivity index (χ1n) is 5.23. The molecule has 0 saturated carbocycles. The zero-order valence-electron chi connectivity index (χ0n) is 8.86. The normalized spacial score (nSPS) is 20.6. The van der Waals surface area contributed by atoms with Crippen LogP contribution in [0.5, 0.6) is 0 Å². The standard InChI is InChI=1S/C10H16N4O/c1-8-11-2-4-14(8)5-3-12-9-6-10(15)13-7-9/h2,4,9,12H,3,5-7H2,1H3,(H,13,15). The number of aryl methyl sites for hydroxylation is 1. The smallest absolute Gasteiger partial charge is 0.221 e. The van der Waals surface area contributed by atoms with E-state index >= 15 is 0 Å². The molecule has 1 aromatic heterocycles. The molecule has 1 atom stereocenters. The number of nitrogens with one attached hydrogen (secondary N) is 2. The van der Waals surface area contributed by atoms with Crippen LogP contribution < -0.4 is 10.6 Å². The Balaban J connectivity index is 1.71. The average molecular weight is 208 g/mol. The molecule has 5 nitrogen and oxygen atoms in total. The lowest BCUT2D eigenvalue weighted by Crippen LogP contribution is -2.33. The molecule has 15 heavy (non-hydrogen) atoms. The molecular formula is C10H16N4O. The van der Waals surface area contributed by atoms with Gasteiger partial charge < -0.3 is 15.2 Å². The highest BCUT2D eigenvalue weighted by Gasteiger charge is 2.20. The number of aromatic nitrogens is 2. The zero-order valence-corrected chi connectivity index (χ0v) is 8.86. The van der Waals surface area contributed by atoms with Gasteiger partial charge in [0.2, 0.25) is 5.91 Å². The molecule has 5 heteroatoms. The second-order valence-electron chi connectivity index (χ2n) is 3.83. The van der Waals surface area contributed by atoms with Crippen LogP contribution in [0.1, 0.15) is 12.2 Å². The highest BCUT2D eigenvalue weighted by molar-refractivity contribution is 5.78. The summed E-state index contributed by atoms with van der Waals surface area (Å²) in [5.74, 6) is 1.17. The minimum absolute atomic E-state index is 0.145. The first-order chi connectivity index (χ1) is 7.25. The quantitative estimate of drug-likeness (QED) is 0.712. The van der Waals surface area contributed by atoms with Gasteiger partial charge in [0.1, 0.15) is 5.82 Å². The van der Waals surface area contributed by atoms with Crippen LogP contribution in [-0.2, 0) is 11.3 Å². The summed E-state index contributed by atoms with van der Waals surface area (Å²) in [7, 11) is 0. The molecule has 1 unspecified atom stereocenters. The highest BCUT2D eigenvalue weighted by Crippen LogP contribution is 1.99. The summed E-state index contributed by atoms with van der Waals surface area (Å²) in [4.78, 5) is 15.1. The lowest BCUT2D eigenvalue weighted by molar-refractivity contribution is -0.119. The van der Waals surface area contributed by atoms with Crippen molar-refractivity contribution < 1.29 is 4.79 Å². The molecule has 2 N–H and O–H groups in total. The largest absolute Gasteiger partial charge is 0.354 e. The Kier molecular flexibility index (Phi) is 3.01. The summed E-state index contributed by atoms with van der Waals surface area (Å²) < 4.78 is 2.09. The van der Waals surface area contributed by atoms with E-state index in [9.17, 15) is 4.79 Å². The summed E-state index contributed by atoms with van der Waals surface area (Å²) in [6.07, 6.45) is 4.37. The number of carbonyl (C=O) groups excluding carboxylic acids is 1. The maximum Gasteiger partial charge on any atom is 0.221 e. The van der Waals surface area contributed by atoms with Gasteiger partial charge in [-0.25, -0.2) is 4.98 Å². The van der Waals surface area contributed by atoms with Crippen molar-refractivity contribution in [3.05, 3.63) is 18.2 Å². The van der Waals surface area contributed by atoms with E-state index in [1.807, 2.05) is 13.1 Å². The van der Waals surface area contributed by atoms with Gasteiger partial charge in [0.05, 0.1) is 0 Å². The first kappa shape index (κ1) is 10.2. The number of imidazole rings is 1. The maximum atomic E-state index is 10.9. The SMILES string of the molecule is Cc1nccn1CCNC1CNC(=O)C1. The van der Waals surface area contributed by atoms with E-state index in [-0.39, 0.29) is 5.91 Å². The van der Waals surface area contributed by atoms with Gasteiger partial charge in [-0.3, -0.25) is 4.79 Å². The molecule has 2 heterocycles. The molecule has 1 fully saturated rings. The van der Waals surface area contributed by atoms with E-state index in [0.29, 0.717) is 12.5 Å². The van der Waals surface area contributed by atoms with E-state index in [1.165, 1.54) is 0 Å². The number of hydrogen-bond acceptors (Lipinski definition) is 3. The Labute approximate surface area is 88.9 Å². The van der Waals surface area contributed by atoms with Crippen LogP contribution in [0.25, 0.3) is 0 Å². The topological polar surface area (TPSA) is 59.0 Å². The van der Waals surface area contributed by atoms with Gasteiger partial charge >= 0.3 is 0 Å². The van der Waals surface area contributed by atoms with Gasteiger partial charge in [-0.15, -0.1) is 0 Å². The first-order valence-corrected chi connectivity index (χ1v) is 5.23. The number of nitrogens with zero attached hydrogens (tertiary/aromatic N) is 2. The van der Waals surface area contributed by atoms with Crippen molar-refractivity contribution in [3.8, 4) is 0 Å². The fourth-order valence-electron chi connectivity index (χ4n) is 1.78. The fourth-order valence-corrected chi connectivity index (χ4v) is 1.78. The molecular weight excluding hydrogens is 192 g/mol. The zero-order chi connectivity index (χ0) is 10.7. The van der Waals surface area contributed by atoms with Crippen LogP contribution in [-0.4, -0.2) is 34.6 Å². The Hall–Kier alpha value is -1.36. The van der Waals surface area contributed by atoms with Crippen LogP contribution >= 0.6 is 0 Å². The van der Waals surface area contributed by atoms with Gasteiger partial charge in [-0.05, 0) is 6.92 Å². The summed E-state index contributed by atoms with van der Waals surface area (Å²) >= 11 is 0. The summed E-state index contributed by atoms with van der Waals surface area (Å²) in [6, 6.07) is 0.293. The van der Waals surface area contributed by atoms with E-state index in [2.05, 4.69) is 20.2 Å². The van der Waals surface area contributed by atoms with Crippen molar-refractivity contribution in [3.63, 3.8) is 0 Å².